The van der Waals surface area contributed by atoms with E-state index in [4.69, 9.17) is 11.2 Å². The van der Waals surface area contributed by atoms with Crippen molar-refractivity contribution in [1.29, 1.82) is 0 Å². The molecule has 0 aliphatic carbocycles. The van der Waals surface area contributed by atoms with Crippen LogP contribution in [0, 0.1) is 0 Å². The Hall–Kier alpha value is -2.62. The van der Waals surface area contributed by atoms with Crippen molar-refractivity contribution < 1.29 is 10.3 Å². The molecule has 2 aliphatic heterocycles. The SMILES string of the molecule is [2H]c1c([2H])c([2H])c2c(c1[2H])C(=O)N1Cc3cc(N)ccc3N=C21. The fraction of sp³-hybridized carbons (Fsp3) is 0.0667. The summed E-state index contributed by atoms with van der Waals surface area (Å²) >= 11 is 0. The number of carbonyl (C=O) groups excluding carboxylic acids is 1. The topological polar surface area (TPSA) is 58.7 Å². The third kappa shape index (κ3) is 1.34. The average molecular weight is 253 g/mol. The van der Waals surface area contributed by atoms with E-state index in [0.29, 0.717) is 11.4 Å². The van der Waals surface area contributed by atoms with Crippen LogP contribution in [0.2, 0.25) is 0 Å². The second-order valence-corrected chi connectivity index (χ2v) is 4.46. The Balaban J connectivity index is 2.02. The van der Waals surface area contributed by atoms with Gasteiger partial charge in [0.2, 0.25) is 0 Å². The van der Waals surface area contributed by atoms with Crippen LogP contribution < -0.4 is 5.73 Å². The van der Waals surface area contributed by atoms with Crippen LogP contribution in [0.1, 0.15) is 27.0 Å². The van der Waals surface area contributed by atoms with E-state index in [-0.39, 0.29) is 41.6 Å². The molecule has 2 aromatic carbocycles. The molecule has 0 fully saturated rings. The highest BCUT2D eigenvalue weighted by Crippen LogP contribution is 2.34. The number of fused-ring (bicyclic) bond motifs is 4. The molecule has 4 rings (SSSR count). The molecule has 0 radical (unpaired) electrons. The van der Waals surface area contributed by atoms with Crippen molar-refractivity contribution in [1.82, 2.24) is 4.90 Å². The van der Waals surface area contributed by atoms with Crippen LogP contribution >= 0.6 is 0 Å². The Labute approximate surface area is 115 Å². The first-order valence-corrected chi connectivity index (χ1v) is 5.80. The van der Waals surface area contributed by atoms with Gasteiger partial charge in [-0.1, -0.05) is 18.1 Å². The Morgan fingerprint density at radius 3 is 2.89 bits per heavy atom. The number of hydrogen-bond acceptors (Lipinski definition) is 3. The lowest BCUT2D eigenvalue weighted by atomic mass is 10.1. The molecule has 4 nitrogen and oxygen atoms in total. The molecule has 0 spiro atoms. The molecule has 4 heteroatoms. The zero-order valence-electron chi connectivity index (χ0n) is 13.8. The molecular weight excluding hydrogens is 238 g/mol. The van der Waals surface area contributed by atoms with Crippen LogP contribution in [0.15, 0.2) is 47.4 Å². The number of rotatable bonds is 0. The number of carbonyl (C=O) groups is 1. The number of nitrogen functional groups attached to an aromatic ring is 1. The molecule has 2 N–H and O–H groups in total. The normalized spacial score (nSPS) is 18.6. The van der Waals surface area contributed by atoms with E-state index in [0.717, 1.165) is 5.56 Å². The molecule has 0 saturated carbocycles. The standard InChI is InChI=1S/C15H11N3O/c16-10-5-6-13-9(7-10)8-18-14(17-13)11-3-1-2-4-12(11)15(18)19/h1-7H,8,16H2/i1D,2D,3D,4D. The molecule has 2 aromatic rings. The summed E-state index contributed by atoms with van der Waals surface area (Å²) in [6, 6.07) is 3.83. The lowest BCUT2D eigenvalue weighted by Crippen LogP contribution is -2.31. The summed E-state index contributed by atoms with van der Waals surface area (Å²) < 4.78 is 31.6. The van der Waals surface area contributed by atoms with Crippen LogP contribution in [0.3, 0.4) is 0 Å². The summed E-state index contributed by atoms with van der Waals surface area (Å²) in [5.41, 5.74) is 7.92. The summed E-state index contributed by atoms with van der Waals surface area (Å²) in [6.07, 6.45) is 0. The van der Waals surface area contributed by atoms with E-state index in [1.807, 2.05) is 0 Å². The van der Waals surface area contributed by atoms with Gasteiger partial charge in [-0.2, -0.15) is 0 Å². The van der Waals surface area contributed by atoms with E-state index in [1.54, 1.807) is 18.2 Å². The largest absolute Gasteiger partial charge is 0.399 e. The maximum atomic E-state index is 12.6. The van der Waals surface area contributed by atoms with E-state index in [1.165, 1.54) is 4.90 Å². The molecule has 0 unspecified atom stereocenters. The fourth-order valence-electron chi connectivity index (χ4n) is 2.40. The number of aliphatic imine (C=N–C) groups is 1. The van der Waals surface area contributed by atoms with Crippen LogP contribution in [0.4, 0.5) is 11.4 Å². The summed E-state index contributed by atoms with van der Waals surface area (Å²) in [4.78, 5) is 18.4. The highest BCUT2D eigenvalue weighted by Gasteiger charge is 2.35. The predicted molar refractivity (Wildman–Crippen MR) is 73.4 cm³/mol. The Bertz CT molecular complexity index is 939. The zero-order chi connectivity index (χ0) is 16.5. The number of amidine groups is 1. The first-order chi connectivity index (χ1) is 10.9. The van der Waals surface area contributed by atoms with Crippen LogP contribution in [-0.4, -0.2) is 16.6 Å². The van der Waals surface area contributed by atoms with Gasteiger partial charge in [-0.25, -0.2) is 4.99 Å². The fourth-order valence-corrected chi connectivity index (χ4v) is 2.40. The van der Waals surface area contributed by atoms with Gasteiger partial charge in [0.15, 0.2) is 0 Å². The maximum Gasteiger partial charge on any atom is 0.260 e. The van der Waals surface area contributed by atoms with Crippen molar-refractivity contribution in [3.63, 3.8) is 0 Å². The average Bonchev–Trinajstić information content (AvgIpc) is 2.81. The minimum absolute atomic E-state index is 0.0180. The number of benzene rings is 2. The molecule has 0 aromatic heterocycles. The second-order valence-electron chi connectivity index (χ2n) is 4.46. The molecule has 1 amide bonds. The second kappa shape index (κ2) is 3.45. The highest BCUT2D eigenvalue weighted by atomic mass is 16.2. The lowest BCUT2D eigenvalue weighted by molar-refractivity contribution is 0.0852. The molecule has 19 heavy (non-hydrogen) atoms. The number of nitrogens with zero attached hydrogens (tertiary/aromatic N) is 2. The molecule has 0 bridgehead atoms. The molecule has 2 aliphatic rings. The molecular formula is C15H11N3O. The Morgan fingerprint density at radius 1 is 1.26 bits per heavy atom. The molecule has 2 heterocycles. The number of amides is 1. The zero-order valence-corrected chi connectivity index (χ0v) is 9.82. The van der Waals surface area contributed by atoms with Crippen LogP contribution in [0.25, 0.3) is 0 Å². The van der Waals surface area contributed by atoms with Gasteiger partial charge in [0.25, 0.3) is 5.91 Å². The van der Waals surface area contributed by atoms with Gasteiger partial charge in [-0.05, 0) is 29.8 Å². The van der Waals surface area contributed by atoms with Gasteiger partial charge in [0.05, 0.1) is 23.3 Å². The monoisotopic (exact) mass is 253 g/mol. The lowest BCUT2D eigenvalue weighted by Gasteiger charge is -2.23. The predicted octanol–water partition coefficient (Wildman–Crippen LogP) is 2.32. The summed E-state index contributed by atoms with van der Waals surface area (Å²) in [7, 11) is 0. The number of anilines is 1. The van der Waals surface area contributed by atoms with E-state index >= 15 is 0 Å². The minimum atomic E-state index is -0.459. The van der Waals surface area contributed by atoms with Crippen LogP contribution in [-0.2, 0) is 6.54 Å². The molecule has 92 valence electrons. The van der Waals surface area contributed by atoms with Crippen molar-refractivity contribution in [2.45, 2.75) is 6.54 Å². The van der Waals surface area contributed by atoms with E-state index in [9.17, 15) is 4.79 Å². The van der Waals surface area contributed by atoms with Gasteiger partial charge < -0.3 is 5.73 Å². The van der Waals surface area contributed by atoms with Gasteiger partial charge in [-0.15, -0.1) is 0 Å². The smallest absolute Gasteiger partial charge is 0.260 e. The first-order valence-electron chi connectivity index (χ1n) is 7.80. The van der Waals surface area contributed by atoms with Crippen molar-refractivity contribution in [2.24, 2.45) is 4.99 Å². The Morgan fingerprint density at radius 2 is 2.05 bits per heavy atom. The van der Waals surface area contributed by atoms with Crippen LogP contribution in [0.5, 0.6) is 0 Å². The molecule has 0 saturated heterocycles. The highest BCUT2D eigenvalue weighted by molar-refractivity contribution is 6.24. The maximum absolute atomic E-state index is 12.6. The van der Waals surface area contributed by atoms with Gasteiger partial charge in [0, 0.05) is 11.3 Å². The van der Waals surface area contributed by atoms with Gasteiger partial charge in [-0.3, -0.25) is 9.69 Å². The molecule has 0 atom stereocenters. The van der Waals surface area contributed by atoms with Crippen molar-refractivity contribution in [2.75, 3.05) is 5.73 Å². The number of hydrogen-bond donors (Lipinski definition) is 1. The summed E-state index contributed by atoms with van der Waals surface area (Å²) in [5, 5.41) is 0. The summed E-state index contributed by atoms with van der Waals surface area (Å²) in [6.45, 7) is 0.242. The van der Waals surface area contributed by atoms with Crippen molar-refractivity contribution >= 4 is 23.1 Å². The number of nitrogens with two attached hydrogens (primary N) is 1. The van der Waals surface area contributed by atoms with E-state index in [2.05, 4.69) is 4.99 Å². The first kappa shape index (κ1) is 7.09. The summed E-state index contributed by atoms with van der Waals surface area (Å²) in [5.74, 6) is -0.187. The minimum Gasteiger partial charge on any atom is -0.399 e. The van der Waals surface area contributed by atoms with Crippen molar-refractivity contribution in [3.8, 4) is 0 Å². The quantitative estimate of drug-likeness (QED) is 0.732. The van der Waals surface area contributed by atoms with Gasteiger partial charge in [0.1, 0.15) is 5.84 Å². The third-order valence-electron chi connectivity index (χ3n) is 3.28. The van der Waals surface area contributed by atoms with E-state index < -0.39 is 11.9 Å². The van der Waals surface area contributed by atoms with Gasteiger partial charge >= 0.3 is 0 Å². The van der Waals surface area contributed by atoms with Crippen molar-refractivity contribution in [3.05, 3.63) is 59.1 Å². The Kier molecular flexibility index (Phi) is 1.29. The third-order valence-corrected chi connectivity index (χ3v) is 3.28.